The second-order valence-corrected chi connectivity index (χ2v) is 4.93. The van der Waals surface area contributed by atoms with Crippen LogP contribution in [0.15, 0.2) is 24.3 Å². The van der Waals surface area contributed by atoms with Gasteiger partial charge in [0.05, 0.1) is 28.7 Å². The van der Waals surface area contributed by atoms with Crippen LogP contribution >= 0.6 is 11.6 Å². The molecule has 1 aromatic carbocycles. The molecule has 6 nitrogen and oxygen atoms in total. The van der Waals surface area contributed by atoms with Crippen LogP contribution in [-0.2, 0) is 4.74 Å². The molecule has 3 rings (SSSR count). The molecule has 0 unspecified atom stereocenters. The van der Waals surface area contributed by atoms with Gasteiger partial charge in [0.25, 0.3) is 5.69 Å². The molecule has 0 aliphatic carbocycles. The van der Waals surface area contributed by atoms with E-state index >= 15 is 0 Å². The fourth-order valence-corrected chi connectivity index (χ4v) is 2.48. The van der Waals surface area contributed by atoms with E-state index < -0.39 is 4.92 Å². The molecule has 0 atom stereocenters. The molecule has 0 bridgehead atoms. The van der Waals surface area contributed by atoms with Crippen molar-refractivity contribution in [2.75, 3.05) is 31.2 Å². The van der Waals surface area contributed by atoms with Crippen molar-refractivity contribution in [1.82, 2.24) is 4.98 Å². The van der Waals surface area contributed by atoms with Crippen LogP contribution < -0.4 is 4.90 Å². The van der Waals surface area contributed by atoms with Crippen LogP contribution in [0.2, 0.25) is 5.02 Å². The molecule has 0 saturated carbocycles. The Bertz CT molecular complexity index is 671. The van der Waals surface area contributed by atoms with Gasteiger partial charge in [0.1, 0.15) is 5.82 Å². The Kier molecular flexibility index (Phi) is 3.42. The minimum absolute atomic E-state index is 0.0142. The Hall–Kier alpha value is -1.92. The number of halogens is 1. The van der Waals surface area contributed by atoms with Gasteiger partial charge in [0.2, 0.25) is 0 Å². The Labute approximate surface area is 120 Å². The average molecular weight is 294 g/mol. The zero-order chi connectivity index (χ0) is 14.1. The van der Waals surface area contributed by atoms with Gasteiger partial charge in [-0.3, -0.25) is 10.1 Å². The molecule has 1 aliphatic heterocycles. The highest BCUT2D eigenvalue weighted by atomic mass is 35.5. The minimum Gasteiger partial charge on any atom is -0.378 e. The van der Waals surface area contributed by atoms with Gasteiger partial charge in [0.15, 0.2) is 0 Å². The van der Waals surface area contributed by atoms with Crippen molar-refractivity contribution in [2.24, 2.45) is 0 Å². The Morgan fingerprint density at radius 1 is 1.30 bits per heavy atom. The van der Waals surface area contributed by atoms with Crippen LogP contribution in [0.3, 0.4) is 0 Å². The summed E-state index contributed by atoms with van der Waals surface area (Å²) in [5, 5.41) is 11.9. The van der Waals surface area contributed by atoms with Crippen LogP contribution in [-0.4, -0.2) is 36.2 Å². The summed E-state index contributed by atoms with van der Waals surface area (Å²) in [5.41, 5.74) is 0.671. The molecule has 0 amide bonds. The first-order chi connectivity index (χ1) is 9.65. The molecule has 1 fully saturated rings. The number of hydrogen-bond donors (Lipinski definition) is 0. The Morgan fingerprint density at radius 3 is 2.75 bits per heavy atom. The molecule has 1 aliphatic rings. The fourth-order valence-electron chi connectivity index (χ4n) is 2.23. The van der Waals surface area contributed by atoms with Crippen molar-refractivity contribution in [3.8, 4) is 0 Å². The fraction of sp³-hybridized carbons (Fsp3) is 0.308. The first-order valence-corrected chi connectivity index (χ1v) is 6.60. The standard InChI is InChI=1S/C13H12ClN3O3/c14-11-8-13(16-3-5-20-6-4-16)15-12-2-1-9(17(18)19)7-10(11)12/h1-2,7-8H,3-6H2. The van der Waals surface area contributed by atoms with E-state index in [4.69, 9.17) is 16.3 Å². The number of morpholine rings is 1. The summed E-state index contributed by atoms with van der Waals surface area (Å²) in [6.45, 7) is 2.86. The number of nitro benzene ring substituents is 1. The number of pyridine rings is 1. The first-order valence-electron chi connectivity index (χ1n) is 6.22. The van der Waals surface area contributed by atoms with Crippen molar-refractivity contribution in [3.05, 3.63) is 39.4 Å². The molecule has 0 spiro atoms. The van der Waals surface area contributed by atoms with Gasteiger partial charge in [0, 0.05) is 30.6 Å². The molecular formula is C13H12ClN3O3. The number of aromatic nitrogens is 1. The maximum absolute atomic E-state index is 10.8. The van der Waals surface area contributed by atoms with E-state index in [-0.39, 0.29) is 5.69 Å². The number of nitro groups is 1. The summed E-state index contributed by atoms with van der Waals surface area (Å²) in [4.78, 5) is 17.0. The second-order valence-electron chi connectivity index (χ2n) is 4.52. The monoisotopic (exact) mass is 293 g/mol. The minimum atomic E-state index is -0.439. The van der Waals surface area contributed by atoms with Crippen LogP contribution in [0.1, 0.15) is 0 Å². The predicted molar refractivity (Wildman–Crippen MR) is 76.4 cm³/mol. The quantitative estimate of drug-likeness (QED) is 0.629. The van der Waals surface area contributed by atoms with Gasteiger partial charge in [-0.25, -0.2) is 4.98 Å². The number of nitrogens with zero attached hydrogens (tertiary/aromatic N) is 3. The first kappa shape index (κ1) is 13.1. The van der Waals surface area contributed by atoms with Crippen LogP contribution in [0.4, 0.5) is 11.5 Å². The Morgan fingerprint density at radius 2 is 2.05 bits per heavy atom. The summed E-state index contributed by atoms with van der Waals surface area (Å²) in [6.07, 6.45) is 0. The van der Waals surface area contributed by atoms with E-state index in [0.29, 0.717) is 29.1 Å². The topological polar surface area (TPSA) is 68.5 Å². The van der Waals surface area contributed by atoms with Crippen molar-refractivity contribution >= 4 is 34.0 Å². The number of rotatable bonds is 2. The summed E-state index contributed by atoms with van der Waals surface area (Å²) < 4.78 is 5.30. The van der Waals surface area contributed by atoms with E-state index in [1.807, 2.05) is 0 Å². The highest BCUT2D eigenvalue weighted by molar-refractivity contribution is 6.35. The molecule has 0 radical (unpaired) electrons. The summed E-state index contributed by atoms with van der Waals surface area (Å²) in [7, 11) is 0. The lowest BCUT2D eigenvalue weighted by Gasteiger charge is -2.28. The summed E-state index contributed by atoms with van der Waals surface area (Å²) in [6, 6.07) is 6.27. The molecule has 104 valence electrons. The number of non-ortho nitro benzene ring substituents is 1. The van der Waals surface area contributed by atoms with Gasteiger partial charge in [-0.2, -0.15) is 0 Å². The summed E-state index contributed by atoms with van der Waals surface area (Å²) in [5.74, 6) is 0.777. The lowest BCUT2D eigenvalue weighted by molar-refractivity contribution is -0.384. The maximum atomic E-state index is 10.8. The van der Waals surface area contributed by atoms with E-state index in [9.17, 15) is 10.1 Å². The normalized spacial score (nSPS) is 15.6. The van der Waals surface area contributed by atoms with E-state index in [1.54, 1.807) is 12.1 Å². The SMILES string of the molecule is O=[N+]([O-])c1ccc2nc(N3CCOCC3)cc(Cl)c2c1. The predicted octanol–water partition coefficient (Wildman–Crippen LogP) is 2.63. The molecule has 1 saturated heterocycles. The van der Waals surface area contributed by atoms with E-state index in [2.05, 4.69) is 9.88 Å². The lowest BCUT2D eigenvalue weighted by Crippen LogP contribution is -2.36. The van der Waals surface area contributed by atoms with Crippen LogP contribution in [0.5, 0.6) is 0 Å². The molecule has 2 aromatic rings. The van der Waals surface area contributed by atoms with Crippen LogP contribution in [0, 0.1) is 10.1 Å². The van der Waals surface area contributed by atoms with Gasteiger partial charge < -0.3 is 9.64 Å². The number of anilines is 1. The Balaban J connectivity index is 2.05. The highest BCUT2D eigenvalue weighted by Gasteiger charge is 2.16. The van der Waals surface area contributed by atoms with Gasteiger partial charge in [-0.15, -0.1) is 0 Å². The van der Waals surface area contributed by atoms with Crippen molar-refractivity contribution < 1.29 is 9.66 Å². The average Bonchev–Trinajstić information content (AvgIpc) is 2.47. The van der Waals surface area contributed by atoms with Crippen molar-refractivity contribution in [1.29, 1.82) is 0 Å². The number of ether oxygens (including phenoxy) is 1. The number of hydrogen-bond acceptors (Lipinski definition) is 5. The largest absolute Gasteiger partial charge is 0.378 e. The maximum Gasteiger partial charge on any atom is 0.270 e. The van der Waals surface area contributed by atoms with Gasteiger partial charge in [-0.05, 0) is 12.1 Å². The lowest BCUT2D eigenvalue weighted by atomic mass is 10.2. The molecule has 7 heteroatoms. The summed E-state index contributed by atoms with van der Waals surface area (Å²) >= 11 is 6.24. The van der Waals surface area contributed by atoms with Gasteiger partial charge >= 0.3 is 0 Å². The van der Waals surface area contributed by atoms with E-state index in [1.165, 1.54) is 12.1 Å². The second kappa shape index (κ2) is 5.22. The third-order valence-electron chi connectivity index (χ3n) is 3.27. The molecule has 1 aromatic heterocycles. The molecule has 2 heterocycles. The molecule has 20 heavy (non-hydrogen) atoms. The zero-order valence-electron chi connectivity index (χ0n) is 10.6. The number of fused-ring (bicyclic) bond motifs is 1. The zero-order valence-corrected chi connectivity index (χ0v) is 11.3. The third-order valence-corrected chi connectivity index (χ3v) is 3.59. The van der Waals surface area contributed by atoms with Gasteiger partial charge in [-0.1, -0.05) is 11.6 Å². The third kappa shape index (κ3) is 2.39. The number of benzene rings is 1. The van der Waals surface area contributed by atoms with E-state index in [0.717, 1.165) is 18.9 Å². The highest BCUT2D eigenvalue weighted by Crippen LogP contribution is 2.29. The van der Waals surface area contributed by atoms with Crippen LogP contribution in [0.25, 0.3) is 10.9 Å². The van der Waals surface area contributed by atoms with Crippen molar-refractivity contribution in [3.63, 3.8) is 0 Å². The molecule has 0 N–H and O–H groups in total. The molecular weight excluding hydrogens is 282 g/mol. The van der Waals surface area contributed by atoms with Crippen molar-refractivity contribution in [2.45, 2.75) is 0 Å². The smallest absolute Gasteiger partial charge is 0.270 e.